The molecule has 0 spiro atoms. The summed E-state index contributed by atoms with van der Waals surface area (Å²) in [6.45, 7) is 2.04. The summed E-state index contributed by atoms with van der Waals surface area (Å²) in [5.41, 5.74) is 1.75. The van der Waals surface area contributed by atoms with Crippen molar-refractivity contribution < 1.29 is 13.9 Å². The Morgan fingerprint density at radius 3 is 2.74 bits per heavy atom. The second-order valence-electron chi connectivity index (χ2n) is 6.04. The standard InChI is InChI=1S/C20H18N4O3/c1-14(20-22-16-9-5-6-10-18(16)27-20)21-19(25)17-11-12-24(23-17)13-26-15-7-3-2-4-8-15/h2-12,14H,13H2,1H3,(H,21,25). The summed E-state index contributed by atoms with van der Waals surface area (Å²) in [5.74, 6) is 0.892. The number of nitrogens with one attached hydrogen (secondary N) is 1. The van der Waals surface area contributed by atoms with Crippen LogP contribution < -0.4 is 10.1 Å². The summed E-state index contributed by atoms with van der Waals surface area (Å²) in [5, 5.41) is 7.09. The van der Waals surface area contributed by atoms with Crippen LogP contribution in [0.3, 0.4) is 0 Å². The molecule has 2 heterocycles. The Balaban J connectivity index is 1.38. The summed E-state index contributed by atoms with van der Waals surface area (Å²) >= 11 is 0. The first kappa shape index (κ1) is 16.8. The van der Waals surface area contributed by atoms with Crippen molar-refractivity contribution in [3.8, 4) is 5.75 Å². The van der Waals surface area contributed by atoms with Crippen LogP contribution in [0.25, 0.3) is 11.1 Å². The Morgan fingerprint density at radius 2 is 1.93 bits per heavy atom. The van der Waals surface area contributed by atoms with Gasteiger partial charge in [0.25, 0.3) is 5.91 Å². The lowest BCUT2D eigenvalue weighted by Crippen LogP contribution is -2.27. The van der Waals surface area contributed by atoms with E-state index in [1.807, 2.05) is 61.5 Å². The molecule has 0 bridgehead atoms. The van der Waals surface area contributed by atoms with E-state index >= 15 is 0 Å². The van der Waals surface area contributed by atoms with Crippen molar-refractivity contribution in [2.45, 2.75) is 19.7 Å². The number of oxazole rings is 1. The van der Waals surface area contributed by atoms with E-state index in [1.165, 1.54) is 0 Å². The first-order chi connectivity index (χ1) is 13.2. The second kappa shape index (κ2) is 7.33. The topological polar surface area (TPSA) is 82.2 Å². The number of para-hydroxylation sites is 3. The van der Waals surface area contributed by atoms with Crippen LogP contribution in [0.2, 0.25) is 0 Å². The Labute approximate surface area is 155 Å². The fourth-order valence-corrected chi connectivity index (χ4v) is 2.62. The summed E-state index contributed by atoms with van der Waals surface area (Å²) < 4.78 is 12.9. The van der Waals surface area contributed by atoms with Crippen molar-refractivity contribution in [2.24, 2.45) is 0 Å². The molecule has 1 unspecified atom stereocenters. The van der Waals surface area contributed by atoms with Gasteiger partial charge in [-0.2, -0.15) is 5.10 Å². The lowest BCUT2D eigenvalue weighted by atomic mass is 10.3. The SMILES string of the molecule is CC(NC(=O)c1ccn(COc2ccccc2)n1)c1nc2ccccc2o1. The zero-order valence-electron chi connectivity index (χ0n) is 14.7. The quantitative estimate of drug-likeness (QED) is 0.567. The molecule has 0 saturated heterocycles. The molecule has 2 aromatic heterocycles. The predicted octanol–water partition coefficient (Wildman–Crippen LogP) is 3.55. The molecule has 1 amide bonds. The number of ether oxygens (including phenoxy) is 1. The van der Waals surface area contributed by atoms with Crippen LogP contribution in [0.5, 0.6) is 5.75 Å². The molecule has 0 aliphatic heterocycles. The van der Waals surface area contributed by atoms with E-state index in [1.54, 1.807) is 16.9 Å². The molecular weight excluding hydrogens is 344 g/mol. The molecule has 136 valence electrons. The average molecular weight is 362 g/mol. The van der Waals surface area contributed by atoms with Gasteiger partial charge in [0.15, 0.2) is 12.3 Å². The molecule has 2 aromatic carbocycles. The Hall–Kier alpha value is -3.61. The lowest BCUT2D eigenvalue weighted by molar-refractivity contribution is 0.0927. The van der Waals surface area contributed by atoms with E-state index in [4.69, 9.17) is 9.15 Å². The number of aromatic nitrogens is 3. The molecule has 7 nitrogen and oxygen atoms in total. The molecule has 0 fully saturated rings. The molecule has 0 aliphatic rings. The van der Waals surface area contributed by atoms with Gasteiger partial charge in [0.2, 0.25) is 5.89 Å². The van der Waals surface area contributed by atoms with E-state index in [2.05, 4.69) is 15.4 Å². The molecule has 1 atom stereocenters. The highest BCUT2D eigenvalue weighted by Gasteiger charge is 2.18. The zero-order valence-corrected chi connectivity index (χ0v) is 14.7. The Kier molecular flexibility index (Phi) is 4.57. The van der Waals surface area contributed by atoms with Crippen LogP contribution in [0.1, 0.15) is 29.3 Å². The third-order valence-corrected chi connectivity index (χ3v) is 4.01. The van der Waals surface area contributed by atoms with Crippen molar-refractivity contribution in [3.05, 3.63) is 78.4 Å². The Bertz CT molecular complexity index is 1020. The first-order valence-electron chi connectivity index (χ1n) is 8.57. The number of carbonyl (C=O) groups is 1. The van der Waals surface area contributed by atoms with E-state index in [-0.39, 0.29) is 18.7 Å². The van der Waals surface area contributed by atoms with E-state index in [0.29, 0.717) is 17.2 Å². The average Bonchev–Trinajstić information content (AvgIpc) is 3.34. The van der Waals surface area contributed by atoms with Crippen LogP contribution in [0.4, 0.5) is 0 Å². The minimum atomic E-state index is -0.379. The lowest BCUT2D eigenvalue weighted by Gasteiger charge is -2.09. The third-order valence-electron chi connectivity index (χ3n) is 4.01. The van der Waals surface area contributed by atoms with Gasteiger partial charge in [-0.15, -0.1) is 0 Å². The molecule has 27 heavy (non-hydrogen) atoms. The maximum absolute atomic E-state index is 12.4. The van der Waals surface area contributed by atoms with Crippen LogP contribution >= 0.6 is 0 Å². The molecular formula is C20H18N4O3. The monoisotopic (exact) mass is 362 g/mol. The maximum atomic E-state index is 12.4. The molecule has 4 rings (SSSR count). The highest BCUT2D eigenvalue weighted by atomic mass is 16.5. The normalized spacial score (nSPS) is 12.0. The number of benzene rings is 2. The zero-order chi connectivity index (χ0) is 18.6. The largest absolute Gasteiger partial charge is 0.471 e. The third kappa shape index (κ3) is 3.82. The summed E-state index contributed by atoms with van der Waals surface area (Å²) in [6, 6.07) is 18.2. The second-order valence-corrected chi connectivity index (χ2v) is 6.04. The van der Waals surface area contributed by atoms with Gasteiger partial charge in [0.1, 0.15) is 23.0 Å². The van der Waals surface area contributed by atoms with Crippen molar-refractivity contribution >= 4 is 17.0 Å². The van der Waals surface area contributed by atoms with E-state index < -0.39 is 0 Å². The highest BCUT2D eigenvalue weighted by molar-refractivity contribution is 5.92. The van der Waals surface area contributed by atoms with Gasteiger partial charge in [-0.3, -0.25) is 4.79 Å². The van der Waals surface area contributed by atoms with Crippen LogP contribution in [0.15, 0.2) is 71.3 Å². The van der Waals surface area contributed by atoms with Crippen LogP contribution in [0, 0.1) is 0 Å². The molecule has 0 saturated carbocycles. The number of rotatable bonds is 6. The van der Waals surface area contributed by atoms with Gasteiger partial charge >= 0.3 is 0 Å². The van der Waals surface area contributed by atoms with Gasteiger partial charge in [-0.1, -0.05) is 30.3 Å². The number of hydrogen-bond acceptors (Lipinski definition) is 5. The smallest absolute Gasteiger partial charge is 0.272 e. The fourth-order valence-electron chi connectivity index (χ4n) is 2.62. The van der Waals surface area contributed by atoms with E-state index in [9.17, 15) is 4.79 Å². The molecule has 0 aliphatic carbocycles. The van der Waals surface area contributed by atoms with E-state index in [0.717, 1.165) is 11.3 Å². The number of hydrogen-bond donors (Lipinski definition) is 1. The van der Waals surface area contributed by atoms with Crippen molar-refractivity contribution in [2.75, 3.05) is 0 Å². The highest BCUT2D eigenvalue weighted by Crippen LogP contribution is 2.19. The Morgan fingerprint density at radius 1 is 1.15 bits per heavy atom. The first-order valence-corrected chi connectivity index (χ1v) is 8.57. The summed E-state index contributed by atoms with van der Waals surface area (Å²) in [6.07, 6.45) is 1.70. The van der Waals surface area contributed by atoms with Crippen molar-refractivity contribution in [1.29, 1.82) is 0 Å². The number of amides is 1. The number of carbonyl (C=O) groups excluding carboxylic acids is 1. The van der Waals surface area contributed by atoms with Gasteiger partial charge in [0.05, 0.1) is 0 Å². The summed E-state index contributed by atoms with van der Waals surface area (Å²) in [7, 11) is 0. The maximum Gasteiger partial charge on any atom is 0.272 e. The van der Waals surface area contributed by atoms with Gasteiger partial charge in [-0.05, 0) is 37.3 Å². The van der Waals surface area contributed by atoms with Gasteiger partial charge < -0.3 is 14.5 Å². The predicted molar refractivity (Wildman–Crippen MR) is 99.2 cm³/mol. The number of nitrogens with zero attached hydrogens (tertiary/aromatic N) is 3. The molecule has 0 radical (unpaired) electrons. The molecule has 1 N–H and O–H groups in total. The van der Waals surface area contributed by atoms with Gasteiger partial charge in [-0.25, -0.2) is 9.67 Å². The molecule has 7 heteroatoms. The summed E-state index contributed by atoms with van der Waals surface area (Å²) in [4.78, 5) is 16.8. The molecule has 4 aromatic rings. The minimum Gasteiger partial charge on any atom is -0.471 e. The van der Waals surface area contributed by atoms with Crippen LogP contribution in [-0.4, -0.2) is 20.7 Å². The van der Waals surface area contributed by atoms with Gasteiger partial charge in [0, 0.05) is 6.20 Å². The number of fused-ring (bicyclic) bond motifs is 1. The fraction of sp³-hybridized carbons (Fsp3) is 0.150. The van der Waals surface area contributed by atoms with Crippen LogP contribution in [-0.2, 0) is 6.73 Å². The van der Waals surface area contributed by atoms with Crippen molar-refractivity contribution in [1.82, 2.24) is 20.1 Å². The van der Waals surface area contributed by atoms with Crippen molar-refractivity contribution in [3.63, 3.8) is 0 Å². The minimum absolute atomic E-state index is 0.220.